The van der Waals surface area contributed by atoms with Crippen molar-refractivity contribution in [2.75, 3.05) is 0 Å². The highest BCUT2D eigenvalue weighted by Gasteiger charge is 2.06. The van der Waals surface area contributed by atoms with Crippen molar-refractivity contribution in [2.45, 2.75) is 19.8 Å². The summed E-state index contributed by atoms with van der Waals surface area (Å²) in [4.78, 5) is 5.59. The summed E-state index contributed by atoms with van der Waals surface area (Å²) in [5.74, 6) is 0. The Morgan fingerprint density at radius 3 is 3.11 bits per heavy atom. The molecule has 0 aliphatic rings. The van der Waals surface area contributed by atoms with Crippen LogP contribution in [0.5, 0.6) is 0 Å². The summed E-state index contributed by atoms with van der Waals surface area (Å²) < 4.78 is 0. The van der Waals surface area contributed by atoms with E-state index in [2.05, 4.69) is 40.0 Å². The van der Waals surface area contributed by atoms with Crippen LogP contribution in [0.4, 0.5) is 0 Å². The van der Waals surface area contributed by atoms with Crippen LogP contribution in [0.15, 0.2) is 54.9 Å². The molecule has 0 aliphatic carbocycles. The Labute approximate surface area is 117 Å². The van der Waals surface area contributed by atoms with Crippen molar-refractivity contribution in [2.24, 2.45) is 0 Å². The van der Waals surface area contributed by atoms with Crippen LogP contribution in [0, 0.1) is 0 Å². The average Bonchev–Trinajstić information content (AvgIpc) is 3.06. The number of hydrogen-bond donors (Lipinski definition) is 1. The van der Waals surface area contributed by atoms with Crippen molar-refractivity contribution in [1.29, 1.82) is 0 Å². The molecule has 2 aromatic rings. The average molecular weight is 271 g/mol. The first-order valence-corrected chi connectivity index (χ1v) is 7.02. The lowest BCUT2D eigenvalue weighted by Gasteiger charge is -1.98. The number of nitrogens with one attached hydrogen (secondary N) is 1. The topological polar surface area (TPSA) is 41.6 Å². The first kappa shape index (κ1) is 13.5. The van der Waals surface area contributed by atoms with E-state index in [1.807, 2.05) is 25.3 Å². The zero-order valence-electron chi connectivity index (χ0n) is 11.0. The van der Waals surface area contributed by atoms with Crippen molar-refractivity contribution in [3.8, 4) is 10.6 Å². The maximum atomic E-state index is 4.47. The van der Waals surface area contributed by atoms with E-state index in [0.717, 1.165) is 28.4 Å². The van der Waals surface area contributed by atoms with Crippen LogP contribution in [-0.4, -0.2) is 15.2 Å². The smallest absolute Gasteiger partial charge is 0.0975 e. The lowest BCUT2D eigenvalue weighted by atomic mass is 10.1. The highest BCUT2D eigenvalue weighted by Crippen LogP contribution is 2.25. The van der Waals surface area contributed by atoms with Gasteiger partial charge >= 0.3 is 0 Å². The quantitative estimate of drug-likeness (QED) is 0.633. The van der Waals surface area contributed by atoms with Gasteiger partial charge in [-0.3, -0.25) is 5.10 Å². The molecule has 0 amide bonds. The van der Waals surface area contributed by atoms with Gasteiger partial charge in [0.05, 0.1) is 15.6 Å². The molecule has 0 spiro atoms. The van der Waals surface area contributed by atoms with E-state index in [4.69, 9.17) is 0 Å². The van der Waals surface area contributed by atoms with E-state index < -0.39 is 0 Å². The monoisotopic (exact) mass is 271 g/mol. The number of H-pyrrole nitrogens is 1. The molecule has 2 heterocycles. The summed E-state index contributed by atoms with van der Waals surface area (Å²) in [5.41, 5.74) is 2.29. The predicted molar refractivity (Wildman–Crippen MR) is 81.1 cm³/mol. The number of aromatic amines is 1. The summed E-state index contributed by atoms with van der Waals surface area (Å²) in [6, 6.07) is 1.96. The van der Waals surface area contributed by atoms with Crippen LogP contribution in [0.3, 0.4) is 0 Å². The van der Waals surface area contributed by atoms with E-state index in [1.165, 1.54) is 5.57 Å². The van der Waals surface area contributed by atoms with Crippen LogP contribution < -0.4 is 0 Å². The lowest BCUT2D eigenvalue weighted by Crippen LogP contribution is -1.86. The van der Waals surface area contributed by atoms with E-state index >= 15 is 0 Å². The van der Waals surface area contributed by atoms with Gasteiger partial charge in [0.15, 0.2) is 0 Å². The minimum Gasteiger partial charge on any atom is -0.277 e. The SMILES string of the molecule is C=CC/C=C(\C=C/C)Cc1ncc(-c2ccn[nH]2)s1. The van der Waals surface area contributed by atoms with E-state index in [9.17, 15) is 0 Å². The largest absolute Gasteiger partial charge is 0.277 e. The molecule has 98 valence electrons. The standard InChI is InChI=1S/C15H17N3S/c1-3-5-7-12(6-4-2)10-15-16-11-14(19-15)13-8-9-17-18-13/h3-4,6-9,11H,1,5,10H2,2H3,(H,17,18)/b6-4-,12-7+. The molecular formula is C15H17N3S. The molecule has 0 aromatic carbocycles. The third-order valence-electron chi connectivity index (χ3n) is 2.60. The molecule has 0 saturated heterocycles. The van der Waals surface area contributed by atoms with Gasteiger partial charge in [0, 0.05) is 18.8 Å². The summed E-state index contributed by atoms with van der Waals surface area (Å²) in [6.45, 7) is 5.77. The predicted octanol–water partition coefficient (Wildman–Crippen LogP) is 4.15. The maximum Gasteiger partial charge on any atom is 0.0975 e. The Bertz CT molecular complexity index is 576. The van der Waals surface area contributed by atoms with Gasteiger partial charge < -0.3 is 0 Å². The Kier molecular flexibility index (Phi) is 4.86. The third-order valence-corrected chi connectivity index (χ3v) is 3.63. The van der Waals surface area contributed by atoms with Gasteiger partial charge in [-0.1, -0.05) is 24.3 Å². The molecule has 0 radical (unpaired) electrons. The number of aromatic nitrogens is 3. The van der Waals surface area contributed by atoms with E-state index in [1.54, 1.807) is 17.5 Å². The Morgan fingerprint density at radius 2 is 2.42 bits per heavy atom. The third kappa shape index (κ3) is 3.76. The van der Waals surface area contributed by atoms with Crippen molar-refractivity contribution in [1.82, 2.24) is 15.2 Å². The fourth-order valence-electron chi connectivity index (χ4n) is 1.73. The normalized spacial score (nSPS) is 12.2. The molecule has 0 aliphatic heterocycles. The van der Waals surface area contributed by atoms with Crippen molar-refractivity contribution < 1.29 is 0 Å². The van der Waals surface area contributed by atoms with Crippen LogP contribution in [-0.2, 0) is 6.42 Å². The van der Waals surface area contributed by atoms with Crippen LogP contribution in [0.2, 0.25) is 0 Å². The zero-order valence-corrected chi connectivity index (χ0v) is 11.8. The first-order valence-electron chi connectivity index (χ1n) is 6.20. The highest BCUT2D eigenvalue weighted by molar-refractivity contribution is 7.15. The molecular weight excluding hydrogens is 254 g/mol. The lowest BCUT2D eigenvalue weighted by molar-refractivity contribution is 1.10. The number of nitrogens with zero attached hydrogens (tertiary/aromatic N) is 2. The number of thiazole rings is 1. The van der Waals surface area contributed by atoms with Gasteiger partial charge in [0.25, 0.3) is 0 Å². The van der Waals surface area contributed by atoms with Crippen LogP contribution >= 0.6 is 11.3 Å². The van der Waals surface area contributed by atoms with Crippen molar-refractivity contribution >= 4 is 11.3 Å². The number of hydrogen-bond acceptors (Lipinski definition) is 3. The first-order chi connectivity index (χ1) is 9.33. The van der Waals surface area contributed by atoms with Crippen molar-refractivity contribution in [3.05, 3.63) is 59.9 Å². The minimum absolute atomic E-state index is 0.858. The van der Waals surface area contributed by atoms with Crippen LogP contribution in [0.25, 0.3) is 10.6 Å². The van der Waals surface area contributed by atoms with E-state index in [-0.39, 0.29) is 0 Å². The molecule has 0 bridgehead atoms. The fourth-order valence-corrected chi connectivity index (χ4v) is 2.66. The second-order valence-corrected chi connectivity index (χ2v) is 5.18. The highest BCUT2D eigenvalue weighted by atomic mass is 32.1. The molecule has 2 aromatic heterocycles. The molecule has 0 atom stereocenters. The summed E-state index contributed by atoms with van der Waals surface area (Å²) >= 11 is 1.70. The van der Waals surface area contributed by atoms with Gasteiger partial charge in [0.2, 0.25) is 0 Å². The minimum atomic E-state index is 0.858. The number of rotatable bonds is 6. The van der Waals surface area contributed by atoms with Crippen molar-refractivity contribution in [3.63, 3.8) is 0 Å². The molecule has 2 rings (SSSR count). The van der Waals surface area contributed by atoms with Gasteiger partial charge in [-0.2, -0.15) is 5.10 Å². The maximum absolute atomic E-state index is 4.47. The molecule has 19 heavy (non-hydrogen) atoms. The number of allylic oxidation sites excluding steroid dienone is 5. The molecule has 1 N–H and O–H groups in total. The van der Waals surface area contributed by atoms with Gasteiger partial charge in [-0.15, -0.1) is 17.9 Å². The van der Waals surface area contributed by atoms with Gasteiger partial charge in [-0.25, -0.2) is 4.98 Å². The van der Waals surface area contributed by atoms with Gasteiger partial charge in [0.1, 0.15) is 0 Å². The summed E-state index contributed by atoms with van der Waals surface area (Å²) in [6.07, 6.45) is 13.7. The Hall–Kier alpha value is -1.94. The Balaban J connectivity index is 2.12. The zero-order chi connectivity index (χ0) is 13.5. The Morgan fingerprint density at radius 1 is 1.53 bits per heavy atom. The second-order valence-electron chi connectivity index (χ2n) is 4.07. The molecule has 0 unspecified atom stereocenters. The summed E-state index contributed by atoms with van der Waals surface area (Å²) in [5, 5.41) is 8.03. The van der Waals surface area contributed by atoms with Gasteiger partial charge in [-0.05, 0) is 25.0 Å². The van der Waals surface area contributed by atoms with Crippen LogP contribution in [0.1, 0.15) is 18.4 Å². The fraction of sp³-hybridized carbons (Fsp3) is 0.200. The summed E-state index contributed by atoms with van der Waals surface area (Å²) in [7, 11) is 0. The van der Waals surface area contributed by atoms with E-state index in [0.29, 0.717) is 0 Å². The second kappa shape index (κ2) is 6.85. The molecule has 0 fully saturated rings. The molecule has 4 heteroatoms. The molecule has 0 saturated carbocycles. The molecule has 3 nitrogen and oxygen atoms in total.